The van der Waals surface area contributed by atoms with E-state index in [-0.39, 0.29) is 34.0 Å². The van der Waals surface area contributed by atoms with E-state index in [1.54, 1.807) is 13.8 Å². The van der Waals surface area contributed by atoms with Crippen LogP contribution in [-0.4, -0.2) is 36.2 Å². The molecule has 1 rings (SSSR count). The molecule has 2 unspecified atom stereocenters. The van der Waals surface area contributed by atoms with Crippen LogP contribution in [-0.2, 0) is 23.9 Å². The van der Waals surface area contributed by atoms with Crippen LogP contribution in [0.2, 0.25) is 0 Å². The van der Waals surface area contributed by atoms with E-state index in [1.807, 2.05) is 6.92 Å². The molecule has 0 aromatic heterocycles. The Balaban J connectivity index is 0. The van der Waals surface area contributed by atoms with Gasteiger partial charge in [-0.25, -0.2) is 0 Å². The molecule has 1 aliphatic rings. The molecule has 1 saturated carbocycles. The molecule has 0 aromatic rings. The molecule has 0 spiro atoms. The maximum absolute atomic E-state index is 12.0. The molecule has 142 valence electrons. The first kappa shape index (κ1) is 24.7. The summed E-state index contributed by atoms with van der Waals surface area (Å²) in [4.78, 5) is 34.9. The Bertz CT molecular complexity index is 416. The molecule has 1 aliphatic carbocycles. The molecular formula is C18H34O6. The van der Waals surface area contributed by atoms with Crippen LogP contribution in [0.15, 0.2) is 0 Å². The number of hydrogen-bond donors (Lipinski definition) is 1. The van der Waals surface area contributed by atoms with Crippen molar-refractivity contribution in [2.75, 3.05) is 13.2 Å². The lowest BCUT2D eigenvalue weighted by Crippen LogP contribution is -2.34. The minimum Gasteiger partial charge on any atom is -0.481 e. The van der Waals surface area contributed by atoms with Crippen LogP contribution >= 0.6 is 0 Å². The van der Waals surface area contributed by atoms with Crippen molar-refractivity contribution in [1.82, 2.24) is 0 Å². The highest BCUT2D eigenvalue weighted by molar-refractivity contribution is 5.81. The van der Waals surface area contributed by atoms with E-state index in [0.29, 0.717) is 19.3 Å². The zero-order chi connectivity index (χ0) is 16.8. The summed E-state index contributed by atoms with van der Waals surface area (Å²) in [5.41, 5.74) is -0.554. The maximum Gasteiger partial charge on any atom is 0.311 e. The molecule has 6 heteroatoms. The lowest BCUT2D eigenvalue weighted by molar-refractivity contribution is -0.164. The Hall–Kier alpha value is -1.59. The first-order valence-corrected chi connectivity index (χ1v) is 7.86. The van der Waals surface area contributed by atoms with E-state index in [0.717, 1.165) is 12.8 Å². The lowest BCUT2D eigenvalue weighted by atomic mass is 9.79. The Morgan fingerprint density at radius 2 is 1.50 bits per heavy atom. The van der Waals surface area contributed by atoms with Gasteiger partial charge in [-0.2, -0.15) is 0 Å². The smallest absolute Gasteiger partial charge is 0.311 e. The molecule has 0 bridgehead atoms. The van der Waals surface area contributed by atoms with E-state index < -0.39 is 29.2 Å². The summed E-state index contributed by atoms with van der Waals surface area (Å²) < 4.78 is 10.2. The molecule has 0 heterocycles. The largest absolute Gasteiger partial charge is 0.481 e. The third kappa shape index (κ3) is 6.89. The number of rotatable bonds is 7. The third-order valence-electron chi connectivity index (χ3n) is 4.38. The first-order valence-electron chi connectivity index (χ1n) is 7.86. The van der Waals surface area contributed by atoms with Gasteiger partial charge in [-0.05, 0) is 33.1 Å². The summed E-state index contributed by atoms with van der Waals surface area (Å²) >= 11 is 0. The van der Waals surface area contributed by atoms with Crippen LogP contribution in [0.5, 0.6) is 0 Å². The Morgan fingerprint density at radius 3 is 2.00 bits per heavy atom. The lowest BCUT2D eigenvalue weighted by Gasteiger charge is -2.26. The quantitative estimate of drug-likeness (QED) is 0.559. The normalized spacial score (nSPS) is 20.1. The first-order chi connectivity index (χ1) is 10.3. The van der Waals surface area contributed by atoms with Crippen molar-refractivity contribution in [2.45, 2.75) is 67.7 Å². The van der Waals surface area contributed by atoms with Crippen LogP contribution in [0.3, 0.4) is 0 Å². The highest BCUT2D eigenvalue weighted by atomic mass is 16.6. The molecule has 24 heavy (non-hydrogen) atoms. The fraction of sp³-hybridized carbons (Fsp3) is 0.833. The van der Waals surface area contributed by atoms with Gasteiger partial charge in [0.1, 0.15) is 13.2 Å². The molecule has 0 radical (unpaired) electrons. The molecule has 1 fully saturated rings. The summed E-state index contributed by atoms with van der Waals surface area (Å²) in [6.07, 6.45) is 3.37. The SMILES string of the molecule is C.C.CCC(C)(C)C(=O)OCCOC(=O)C1CCCCC1C(=O)O. The summed E-state index contributed by atoms with van der Waals surface area (Å²) in [6.45, 7) is 5.45. The second-order valence-corrected chi connectivity index (χ2v) is 6.38. The zero-order valence-corrected chi connectivity index (χ0v) is 13.6. The van der Waals surface area contributed by atoms with Gasteiger partial charge < -0.3 is 14.6 Å². The van der Waals surface area contributed by atoms with Gasteiger partial charge in [0.05, 0.1) is 17.3 Å². The number of ether oxygens (including phenoxy) is 2. The standard InChI is InChI=1S/C16H26O6.2CH4/c1-4-16(2,3)15(20)22-10-9-21-14(19)12-8-6-5-7-11(12)13(17)18;;/h11-12H,4-10H2,1-3H3,(H,17,18);2*1H4. The monoisotopic (exact) mass is 346 g/mol. The topological polar surface area (TPSA) is 89.9 Å². The van der Waals surface area contributed by atoms with Crippen molar-refractivity contribution >= 4 is 17.9 Å². The second kappa shape index (κ2) is 11.0. The van der Waals surface area contributed by atoms with E-state index in [4.69, 9.17) is 14.6 Å². The predicted molar refractivity (Wildman–Crippen MR) is 92.5 cm³/mol. The molecular weight excluding hydrogens is 312 g/mol. The van der Waals surface area contributed by atoms with Gasteiger partial charge >= 0.3 is 17.9 Å². The van der Waals surface area contributed by atoms with Crippen LogP contribution in [0.1, 0.15) is 67.7 Å². The number of carboxylic acid groups (broad SMARTS) is 1. The minimum atomic E-state index is -0.947. The van der Waals surface area contributed by atoms with Gasteiger partial charge in [-0.15, -0.1) is 0 Å². The van der Waals surface area contributed by atoms with Crippen LogP contribution in [0, 0.1) is 17.3 Å². The van der Waals surface area contributed by atoms with Gasteiger partial charge in [0, 0.05) is 0 Å². The predicted octanol–water partition coefficient (Wildman–Crippen LogP) is 3.67. The highest BCUT2D eigenvalue weighted by Crippen LogP contribution is 2.31. The van der Waals surface area contributed by atoms with E-state index in [9.17, 15) is 14.4 Å². The molecule has 0 aliphatic heterocycles. The van der Waals surface area contributed by atoms with Crippen molar-refractivity contribution in [3.05, 3.63) is 0 Å². The molecule has 6 nitrogen and oxygen atoms in total. The highest BCUT2D eigenvalue weighted by Gasteiger charge is 2.36. The zero-order valence-electron chi connectivity index (χ0n) is 13.6. The number of carbonyl (C=O) groups is 3. The minimum absolute atomic E-state index is 0. The number of hydrogen-bond acceptors (Lipinski definition) is 5. The summed E-state index contributed by atoms with van der Waals surface area (Å²) in [5, 5.41) is 9.14. The molecule has 0 amide bonds. The Kier molecular flexibility index (Phi) is 11.4. The molecule has 0 saturated heterocycles. The average molecular weight is 346 g/mol. The van der Waals surface area contributed by atoms with E-state index >= 15 is 0 Å². The average Bonchev–Trinajstić information content (AvgIpc) is 2.50. The van der Waals surface area contributed by atoms with Crippen molar-refractivity contribution in [1.29, 1.82) is 0 Å². The van der Waals surface area contributed by atoms with Crippen molar-refractivity contribution in [3.63, 3.8) is 0 Å². The number of aliphatic carboxylic acids is 1. The molecule has 0 aromatic carbocycles. The Labute approximate surface area is 145 Å². The summed E-state index contributed by atoms with van der Waals surface area (Å²) in [6, 6.07) is 0. The molecule has 1 N–H and O–H groups in total. The molecule has 2 atom stereocenters. The third-order valence-corrected chi connectivity index (χ3v) is 4.38. The number of esters is 2. The van der Waals surface area contributed by atoms with Gasteiger partial charge in [0.15, 0.2) is 0 Å². The van der Waals surface area contributed by atoms with Gasteiger partial charge in [0.2, 0.25) is 0 Å². The fourth-order valence-electron chi connectivity index (χ4n) is 2.43. The van der Waals surface area contributed by atoms with Gasteiger partial charge in [-0.3, -0.25) is 14.4 Å². The fourth-order valence-corrected chi connectivity index (χ4v) is 2.43. The van der Waals surface area contributed by atoms with Crippen molar-refractivity contribution < 1.29 is 29.0 Å². The van der Waals surface area contributed by atoms with Crippen molar-refractivity contribution in [2.24, 2.45) is 17.3 Å². The van der Waals surface area contributed by atoms with Gasteiger partial charge in [-0.1, -0.05) is 34.6 Å². The van der Waals surface area contributed by atoms with E-state index in [2.05, 4.69) is 0 Å². The number of carbonyl (C=O) groups excluding carboxylic acids is 2. The van der Waals surface area contributed by atoms with Crippen LogP contribution < -0.4 is 0 Å². The van der Waals surface area contributed by atoms with Crippen LogP contribution in [0.25, 0.3) is 0 Å². The second-order valence-electron chi connectivity index (χ2n) is 6.38. The Morgan fingerprint density at radius 1 is 1.00 bits per heavy atom. The van der Waals surface area contributed by atoms with Crippen molar-refractivity contribution in [3.8, 4) is 0 Å². The van der Waals surface area contributed by atoms with Gasteiger partial charge in [0.25, 0.3) is 0 Å². The summed E-state index contributed by atoms with van der Waals surface area (Å²) in [7, 11) is 0. The number of carboxylic acids is 1. The van der Waals surface area contributed by atoms with E-state index in [1.165, 1.54) is 0 Å². The summed E-state index contributed by atoms with van der Waals surface area (Å²) in [5.74, 6) is -3.03. The van der Waals surface area contributed by atoms with Crippen LogP contribution in [0.4, 0.5) is 0 Å². The maximum atomic E-state index is 12.0.